The van der Waals surface area contributed by atoms with Crippen LogP contribution in [0.15, 0.2) is 42.5 Å². The molecule has 7 heteroatoms. The van der Waals surface area contributed by atoms with Gasteiger partial charge >= 0.3 is 0 Å². The summed E-state index contributed by atoms with van der Waals surface area (Å²) in [6.45, 7) is 4.87. The number of hydrogen-bond donors (Lipinski definition) is 1. The first-order valence-corrected chi connectivity index (χ1v) is 9.47. The highest BCUT2D eigenvalue weighted by Gasteiger charge is 2.21. The van der Waals surface area contributed by atoms with Crippen LogP contribution in [0.1, 0.15) is 12.5 Å². The number of nitrogens with zero attached hydrogens (tertiary/aromatic N) is 1. The predicted octanol–water partition coefficient (Wildman–Crippen LogP) is 2.19. The van der Waals surface area contributed by atoms with Crippen LogP contribution in [0.3, 0.4) is 0 Å². The van der Waals surface area contributed by atoms with Gasteiger partial charge in [-0.05, 0) is 36.4 Å². The fourth-order valence-electron chi connectivity index (χ4n) is 3.23. The predicted molar refractivity (Wildman–Crippen MR) is 103 cm³/mol. The third-order valence-corrected chi connectivity index (χ3v) is 4.75. The Hall–Kier alpha value is -2.93. The van der Waals surface area contributed by atoms with E-state index >= 15 is 0 Å². The zero-order valence-corrected chi connectivity index (χ0v) is 15.8. The van der Waals surface area contributed by atoms with Crippen LogP contribution in [0.25, 0.3) is 0 Å². The van der Waals surface area contributed by atoms with Gasteiger partial charge in [0.1, 0.15) is 12.7 Å². The van der Waals surface area contributed by atoms with Gasteiger partial charge in [-0.15, -0.1) is 0 Å². The largest absolute Gasteiger partial charge is 0.486 e. The molecule has 0 saturated carbocycles. The molecule has 0 spiro atoms. The molecule has 2 aliphatic heterocycles. The molecule has 28 heavy (non-hydrogen) atoms. The zero-order valence-electron chi connectivity index (χ0n) is 15.8. The first-order valence-electron chi connectivity index (χ1n) is 9.47. The van der Waals surface area contributed by atoms with E-state index in [1.165, 1.54) is 0 Å². The summed E-state index contributed by atoms with van der Waals surface area (Å²) in [6.07, 6.45) is -0.192. The Labute approximate surface area is 164 Å². The average molecular weight is 384 g/mol. The smallest absolute Gasteiger partial charge is 0.234 e. The van der Waals surface area contributed by atoms with Crippen LogP contribution in [0.2, 0.25) is 0 Å². The number of hydrogen-bond acceptors (Lipinski definition) is 6. The lowest BCUT2D eigenvalue weighted by Gasteiger charge is -2.27. The first-order chi connectivity index (χ1) is 13.7. The highest BCUT2D eigenvalue weighted by molar-refractivity contribution is 5.78. The van der Waals surface area contributed by atoms with Crippen molar-refractivity contribution in [3.8, 4) is 23.0 Å². The van der Waals surface area contributed by atoms with E-state index < -0.39 is 0 Å². The molecule has 4 rings (SSSR count). The van der Waals surface area contributed by atoms with Crippen LogP contribution < -0.4 is 24.3 Å². The van der Waals surface area contributed by atoms with Crippen molar-refractivity contribution >= 4 is 5.91 Å². The van der Waals surface area contributed by atoms with Gasteiger partial charge in [0.25, 0.3) is 0 Å². The fourth-order valence-corrected chi connectivity index (χ4v) is 3.23. The molecule has 0 radical (unpaired) electrons. The first kappa shape index (κ1) is 18.4. The van der Waals surface area contributed by atoms with Crippen molar-refractivity contribution in [2.24, 2.45) is 0 Å². The fraction of sp³-hybridized carbons (Fsp3) is 0.381. The number of likely N-dealkylation sites (N-methyl/N-ethyl adjacent to an activating group) is 1. The summed E-state index contributed by atoms with van der Waals surface area (Å²) in [5, 5.41) is 2.95. The molecule has 148 valence electrons. The van der Waals surface area contributed by atoms with E-state index in [2.05, 4.69) is 10.2 Å². The van der Waals surface area contributed by atoms with E-state index in [1.54, 1.807) is 0 Å². The van der Waals surface area contributed by atoms with Crippen molar-refractivity contribution in [3.05, 3.63) is 48.0 Å². The number of amides is 1. The zero-order chi connectivity index (χ0) is 19.3. The highest BCUT2D eigenvalue weighted by atomic mass is 16.7. The molecular formula is C21H24N2O5. The maximum absolute atomic E-state index is 12.4. The molecule has 2 heterocycles. The minimum atomic E-state index is -0.192. The summed E-state index contributed by atoms with van der Waals surface area (Å²) >= 11 is 0. The Bertz CT molecular complexity index is 841. The quantitative estimate of drug-likeness (QED) is 0.789. The van der Waals surface area contributed by atoms with Crippen molar-refractivity contribution in [1.82, 2.24) is 10.2 Å². The monoisotopic (exact) mass is 384 g/mol. The topological polar surface area (TPSA) is 69.3 Å². The molecule has 2 aromatic carbocycles. The maximum Gasteiger partial charge on any atom is 0.234 e. The van der Waals surface area contributed by atoms with Crippen molar-refractivity contribution in [3.63, 3.8) is 0 Å². The molecule has 0 fully saturated rings. The average Bonchev–Trinajstić information content (AvgIpc) is 3.19. The van der Waals surface area contributed by atoms with Gasteiger partial charge in [0.05, 0.1) is 13.1 Å². The van der Waals surface area contributed by atoms with Crippen LogP contribution in [-0.4, -0.2) is 49.9 Å². The minimum absolute atomic E-state index is 0.0370. The van der Waals surface area contributed by atoms with Gasteiger partial charge in [-0.3, -0.25) is 9.69 Å². The van der Waals surface area contributed by atoms with Crippen LogP contribution in [0, 0.1) is 0 Å². The molecule has 2 aliphatic rings. The second kappa shape index (κ2) is 8.39. The number of para-hydroxylation sites is 2. The van der Waals surface area contributed by atoms with E-state index in [4.69, 9.17) is 18.9 Å². The summed E-state index contributed by atoms with van der Waals surface area (Å²) in [5.41, 5.74) is 1.08. The Kier molecular flexibility index (Phi) is 5.53. The Balaban J connectivity index is 1.25. The van der Waals surface area contributed by atoms with Gasteiger partial charge in [0, 0.05) is 6.54 Å². The number of nitrogens with one attached hydrogen (secondary N) is 1. The summed E-state index contributed by atoms with van der Waals surface area (Å²) in [6, 6.07) is 13.4. The van der Waals surface area contributed by atoms with Crippen molar-refractivity contribution in [2.45, 2.75) is 19.6 Å². The second-order valence-electron chi connectivity index (χ2n) is 6.79. The number of ether oxygens (including phenoxy) is 4. The molecule has 2 aromatic rings. The molecule has 1 amide bonds. The standard InChI is InChI=1S/C21H24N2O5/c1-2-23(11-15-7-8-18-20(9-15)27-14-26-18)12-21(24)22-10-16-13-25-17-5-3-4-6-19(17)28-16/h3-9,16H,2,10-14H2,1H3,(H,22,24). The van der Waals surface area contributed by atoms with E-state index in [0.717, 1.165) is 29.4 Å². The molecule has 7 nitrogen and oxygen atoms in total. The Morgan fingerprint density at radius 2 is 1.86 bits per heavy atom. The summed E-state index contributed by atoms with van der Waals surface area (Å²) in [5.74, 6) is 2.94. The van der Waals surface area contributed by atoms with Gasteiger partial charge in [-0.2, -0.15) is 0 Å². The molecule has 0 bridgehead atoms. The number of rotatable bonds is 7. The maximum atomic E-state index is 12.4. The lowest BCUT2D eigenvalue weighted by Crippen LogP contribution is -2.44. The molecular weight excluding hydrogens is 360 g/mol. The van der Waals surface area contributed by atoms with Crippen molar-refractivity contribution < 1.29 is 23.7 Å². The highest BCUT2D eigenvalue weighted by Crippen LogP contribution is 2.33. The SMILES string of the molecule is CCN(CC(=O)NCC1COc2ccccc2O1)Cc1ccc2c(c1)OCO2. The third kappa shape index (κ3) is 4.31. The van der Waals surface area contributed by atoms with Gasteiger partial charge in [-0.25, -0.2) is 0 Å². The van der Waals surface area contributed by atoms with Crippen molar-refractivity contribution in [1.29, 1.82) is 0 Å². The van der Waals surface area contributed by atoms with Crippen LogP contribution in [-0.2, 0) is 11.3 Å². The van der Waals surface area contributed by atoms with Crippen molar-refractivity contribution in [2.75, 3.05) is 33.0 Å². The Morgan fingerprint density at radius 1 is 1.07 bits per heavy atom. The summed E-state index contributed by atoms with van der Waals surface area (Å²) in [7, 11) is 0. The lowest BCUT2D eigenvalue weighted by molar-refractivity contribution is -0.122. The number of carbonyl (C=O) groups excluding carboxylic acids is 1. The van der Waals surface area contributed by atoms with E-state index in [-0.39, 0.29) is 18.8 Å². The molecule has 0 saturated heterocycles. The van der Waals surface area contributed by atoms with Gasteiger partial charge in [-0.1, -0.05) is 25.1 Å². The van der Waals surface area contributed by atoms with Crippen LogP contribution >= 0.6 is 0 Å². The van der Waals surface area contributed by atoms with Gasteiger partial charge in [0.2, 0.25) is 12.7 Å². The molecule has 0 aromatic heterocycles. The van der Waals surface area contributed by atoms with Gasteiger partial charge in [0.15, 0.2) is 23.0 Å². The minimum Gasteiger partial charge on any atom is -0.486 e. The number of fused-ring (bicyclic) bond motifs is 2. The molecule has 1 atom stereocenters. The number of carbonyl (C=O) groups is 1. The molecule has 1 unspecified atom stereocenters. The number of benzene rings is 2. The van der Waals surface area contributed by atoms with Crippen LogP contribution in [0.4, 0.5) is 0 Å². The van der Waals surface area contributed by atoms with Gasteiger partial charge < -0.3 is 24.3 Å². The summed E-state index contributed by atoms with van der Waals surface area (Å²) in [4.78, 5) is 14.5. The molecule has 0 aliphatic carbocycles. The van der Waals surface area contributed by atoms with E-state index in [0.29, 0.717) is 32.0 Å². The third-order valence-electron chi connectivity index (χ3n) is 4.75. The molecule has 1 N–H and O–H groups in total. The lowest BCUT2D eigenvalue weighted by atomic mass is 10.2. The Morgan fingerprint density at radius 3 is 2.71 bits per heavy atom. The normalized spacial score (nSPS) is 16.9. The second-order valence-corrected chi connectivity index (χ2v) is 6.79. The van der Waals surface area contributed by atoms with E-state index in [1.807, 2.05) is 49.4 Å². The summed E-state index contributed by atoms with van der Waals surface area (Å²) < 4.78 is 22.3. The van der Waals surface area contributed by atoms with E-state index in [9.17, 15) is 4.79 Å². The van der Waals surface area contributed by atoms with Crippen LogP contribution in [0.5, 0.6) is 23.0 Å².